The van der Waals surface area contributed by atoms with E-state index in [0.717, 1.165) is 67.6 Å². The van der Waals surface area contributed by atoms with Crippen molar-refractivity contribution in [2.24, 2.45) is 0 Å². The van der Waals surface area contributed by atoms with E-state index < -0.39 is 29.7 Å². The summed E-state index contributed by atoms with van der Waals surface area (Å²) in [4.78, 5) is 87.8. The fraction of sp³-hybridized carbons (Fsp3) is 0.429. The van der Waals surface area contributed by atoms with Crippen LogP contribution < -0.4 is 15.4 Å². The Kier molecular flexibility index (Phi) is 9.34. The van der Waals surface area contributed by atoms with Crippen molar-refractivity contribution in [2.75, 3.05) is 18.4 Å². The third-order valence-corrected chi connectivity index (χ3v) is 12.3. The summed E-state index contributed by atoms with van der Waals surface area (Å²) < 4.78 is 7.65. The summed E-state index contributed by atoms with van der Waals surface area (Å²) in [5, 5.41) is 9.47. The first-order valence-electron chi connectivity index (χ1n) is 19.9. The number of likely N-dealkylation sites (tertiary alicyclic amines) is 1. The van der Waals surface area contributed by atoms with Crippen LogP contribution in [0, 0.1) is 0 Å². The van der Waals surface area contributed by atoms with E-state index in [-0.39, 0.29) is 42.7 Å². The number of anilines is 1. The molecule has 1 atom stereocenters. The Morgan fingerprint density at radius 3 is 2.39 bits per heavy atom. The first kappa shape index (κ1) is 36.7. The standard InChI is InChI=1S/C42H44N8O7/c1-23(2)57-35-20-30-26(19-33(35)45-38(52)32-21-44-49-15-3-14-43-37(32)49)22-48(40(30)54)28-7-5-27(6-8-28)47-16-12-24(13-17-47)25-4-9-29-31(18-25)42(56)50(41(29)55)34-10-11-36(51)46-39(34)53/h3-4,9,14-15,18-21,23-24,27-28,34H,5-8,10-13,16-17,22H2,1-2H3,(H,45,52)(H,46,51,53). The number of nitrogens with zero attached hydrogens (tertiary/aromatic N) is 6. The molecule has 5 aliphatic rings. The zero-order chi connectivity index (χ0) is 39.5. The lowest BCUT2D eigenvalue weighted by molar-refractivity contribution is -0.136. The lowest BCUT2D eigenvalue weighted by atomic mass is 9.84. The molecule has 294 valence electrons. The van der Waals surface area contributed by atoms with Gasteiger partial charge >= 0.3 is 0 Å². The largest absolute Gasteiger partial charge is 0.489 e. The Labute approximate surface area is 328 Å². The summed E-state index contributed by atoms with van der Waals surface area (Å²) in [7, 11) is 0. The fourth-order valence-corrected chi connectivity index (χ4v) is 9.36. The summed E-state index contributed by atoms with van der Waals surface area (Å²) in [5.41, 5.74) is 4.39. The number of ether oxygens (including phenoxy) is 1. The number of carbonyl (C=O) groups excluding carboxylic acids is 6. The summed E-state index contributed by atoms with van der Waals surface area (Å²) in [6.07, 6.45) is 10.5. The Morgan fingerprint density at radius 1 is 0.877 bits per heavy atom. The molecule has 1 unspecified atom stereocenters. The van der Waals surface area contributed by atoms with Crippen LogP contribution in [-0.2, 0) is 16.1 Å². The minimum absolute atomic E-state index is 0.0117. The highest BCUT2D eigenvalue weighted by Crippen LogP contribution is 2.40. The Balaban J connectivity index is 0.811. The van der Waals surface area contributed by atoms with Crippen molar-refractivity contribution >= 4 is 46.8 Å². The van der Waals surface area contributed by atoms with Crippen molar-refractivity contribution in [3.63, 3.8) is 0 Å². The summed E-state index contributed by atoms with van der Waals surface area (Å²) in [5.74, 6) is -1.66. The predicted octanol–water partition coefficient (Wildman–Crippen LogP) is 4.32. The molecular weight excluding hydrogens is 729 g/mol. The third kappa shape index (κ3) is 6.62. The smallest absolute Gasteiger partial charge is 0.262 e. The van der Waals surface area contributed by atoms with E-state index in [4.69, 9.17) is 4.74 Å². The number of benzene rings is 2. The monoisotopic (exact) mass is 772 g/mol. The number of carbonyl (C=O) groups is 6. The average molecular weight is 773 g/mol. The molecule has 1 saturated carbocycles. The first-order valence-corrected chi connectivity index (χ1v) is 19.9. The van der Waals surface area contributed by atoms with Gasteiger partial charge in [-0.25, -0.2) is 9.50 Å². The number of amides is 6. The van der Waals surface area contributed by atoms with E-state index in [1.807, 2.05) is 36.9 Å². The van der Waals surface area contributed by atoms with Gasteiger partial charge in [-0.1, -0.05) is 6.07 Å². The van der Waals surface area contributed by atoms with Crippen molar-refractivity contribution in [2.45, 2.75) is 102 Å². The fourth-order valence-electron chi connectivity index (χ4n) is 9.36. The second-order valence-corrected chi connectivity index (χ2v) is 16.0. The highest BCUT2D eigenvalue weighted by molar-refractivity contribution is 6.23. The van der Waals surface area contributed by atoms with Crippen molar-refractivity contribution in [1.29, 1.82) is 0 Å². The number of rotatable bonds is 8. The van der Waals surface area contributed by atoms with Crippen LogP contribution in [0.15, 0.2) is 55.0 Å². The van der Waals surface area contributed by atoms with E-state index in [1.165, 1.54) is 6.20 Å². The van der Waals surface area contributed by atoms with Gasteiger partial charge in [0, 0.05) is 43.0 Å². The highest BCUT2D eigenvalue weighted by atomic mass is 16.5. The van der Waals surface area contributed by atoms with Crippen LogP contribution in [0.1, 0.15) is 124 Å². The van der Waals surface area contributed by atoms with E-state index in [2.05, 4.69) is 25.6 Å². The van der Waals surface area contributed by atoms with Gasteiger partial charge in [0.05, 0.1) is 29.1 Å². The van der Waals surface area contributed by atoms with Crippen LogP contribution in [0.4, 0.5) is 5.69 Å². The number of aromatic nitrogens is 3. The van der Waals surface area contributed by atoms with Crippen LogP contribution in [0.2, 0.25) is 0 Å². The summed E-state index contributed by atoms with van der Waals surface area (Å²) >= 11 is 0. The maximum Gasteiger partial charge on any atom is 0.262 e. The molecule has 2 N–H and O–H groups in total. The number of hydrogen-bond acceptors (Lipinski definition) is 10. The number of nitrogens with one attached hydrogen (secondary N) is 2. The van der Waals surface area contributed by atoms with Crippen LogP contribution in [0.25, 0.3) is 5.65 Å². The van der Waals surface area contributed by atoms with Crippen molar-refractivity contribution < 1.29 is 33.5 Å². The van der Waals surface area contributed by atoms with E-state index in [9.17, 15) is 28.8 Å². The van der Waals surface area contributed by atoms with Crippen molar-refractivity contribution in [3.8, 4) is 5.75 Å². The Hall–Kier alpha value is -5.96. The quantitative estimate of drug-likeness (QED) is 0.246. The molecule has 6 amide bonds. The number of fused-ring (bicyclic) bond motifs is 3. The van der Waals surface area contributed by atoms with E-state index >= 15 is 0 Å². The molecule has 0 radical (unpaired) electrons. The average Bonchev–Trinajstić information content (AvgIpc) is 3.86. The second-order valence-electron chi connectivity index (χ2n) is 16.0. The molecule has 15 heteroatoms. The molecule has 3 fully saturated rings. The molecular formula is C42H44N8O7. The van der Waals surface area contributed by atoms with Crippen molar-refractivity contribution in [1.82, 2.24) is 34.6 Å². The lowest BCUT2D eigenvalue weighted by Crippen LogP contribution is -2.54. The van der Waals surface area contributed by atoms with Gasteiger partial charge in [0.1, 0.15) is 17.4 Å². The van der Waals surface area contributed by atoms with Gasteiger partial charge in [0.2, 0.25) is 11.8 Å². The van der Waals surface area contributed by atoms with Gasteiger partial charge in [0.15, 0.2) is 5.65 Å². The molecule has 0 bridgehead atoms. The van der Waals surface area contributed by atoms with Crippen molar-refractivity contribution in [3.05, 3.63) is 88.4 Å². The maximum absolute atomic E-state index is 13.9. The van der Waals surface area contributed by atoms with Gasteiger partial charge in [-0.05, 0) is 119 Å². The maximum atomic E-state index is 13.9. The van der Waals surface area contributed by atoms with E-state index in [1.54, 1.807) is 35.1 Å². The zero-order valence-corrected chi connectivity index (χ0v) is 31.9. The highest BCUT2D eigenvalue weighted by Gasteiger charge is 2.45. The number of hydrogen-bond donors (Lipinski definition) is 2. The predicted molar refractivity (Wildman–Crippen MR) is 206 cm³/mol. The van der Waals surface area contributed by atoms with Crippen LogP contribution >= 0.6 is 0 Å². The van der Waals surface area contributed by atoms with Crippen LogP contribution in [0.3, 0.4) is 0 Å². The second kappa shape index (κ2) is 14.5. The molecule has 4 aliphatic heterocycles. The third-order valence-electron chi connectivity index (χ3n) is 12.3. The molecule has 2 saturated heterocycles. The van der Waals surface area contributed by atoms with Crippen LogP contribution in [0.5, 0.6) is 5.75 Å². The Bertz CT molecular complexity index is 2340. The first-order chi connectivity index (χ1) is 27.5. The SMILES string of the molecule is CC(C)Oc1cc2c(cc1NC(=O)c1cnn3cccnc13)CN(C1CCC(N3CCC(c4ccc5c(c4)C(=O)N(C4CCC(=O)NC4=O)C5=O)CC3)CC1)C2=O. The topological polar surface area (TPSA) is 176 Å². The molecule has 4 aromatic rings. The molecule has 0 spiro atoms. The Morgan fingerprint density at radius 2 is 1.63 bits per heavy atom. The van der Waals surface area contributed by atoms with Gasteiger partial charge < -0.3 is 19.9 Å². The van der Waals surface area contributed by atoms with Gasteiger partial charge in [-0.3, -0.25) is 39.0 Å². The molecule has 9 rings (SSSR count). The normalized spacial score (nSPS) is 23.0. The molecule has 57 heavy (non-hydrogen) atoms. The van der Waals surface area contributed by atoms with Crippen LogP contribution in [-0.4, -0.2) is 102 Å². The summed E-state index contributed by atoms with van der Waals surface area (Å²) in [6.45, 7) is 6.11. The van der Waals surface area contributed by atoms with Gasteiger partial charge in [-0.15, -0.1) is 0 Å². The molecule has 2 aromatic heterocycles. The lowest BCUT2D eigenvalue weighted by Gasteiger charge is -2.42. The van der Waals surface area contributed by atoms with Gasteiger partial charge in [0.25, 0.3) is 23.6 Å². The van der Waals surface area contributed by atoms with Gasteiger partial charge in [-0.2, -0.15) is 5.10 Å². The number of piperidine rings is 2. The molecule has 1 aliphatic carbocycles. The molecule has 15 nitrogen and oxygen atoms in total. The zero-order valence-electron chi connectivity index (χ0n) is 31.9. The minimum atomic E-state index is -0.978. The summed E-state index contributed by atoms with van der Waals surface area (Å²) in [6, 6.07) is 10.4. The molecule has 6 heterocycles. The molecule has 2 aromatic carbocycles. The number of imide groups is 2. The minimum Gasteiger partial charge on any atom is -0.489 e. The van der Waals surface area contributed by atoms with E-state index in [0.29, 0.717) is 51.9 Å².